The van der Waals surface area contributed by atoms with E-state index in [0.717, 1.165) is 0 Å². The van der Waals surface area contributed by atoms with Crippen molar-refractivity contribution in [2.75, 3.05) is 19.2 Å². The molecule has 1 unspecified atom stereocenters. The van der Waals surface area contributed by atoms with Crippen molar-refractivity contribution in [3.8, 4) is 0 Å². The highest BCUT2D eigenvalue weighted by molar-refractivity contribution is 7.65. The molecule has 0 aliphatic carbocycles. The van der Waals surface area contributed by atoms with Crippen LogP contribution in [-0.2, 0) is 25.3 Å². The minimum absolute atomic E-state index is 0.0394. The summed E-state index contributed by atoms with van der Waals surface area (Å²) in [4.78, 5) is 0. The lowest BCUT2D eigenvalue weighted by atomic mass is 10.4. The van der Waals surface area contributed by atoms with Gasteiger partial charge in [0.1, 0.15) is 12.9 Å². The van der Waals surface area contributed by atoms with E-state index in [0.29, 0.717) is 30.8 Å². The fourth-order valence-corrected chi connectivity index (χ4v) is 0.888. The van der Waals surface area contributed by atoms with Gasteiger partial charge in [0.15, 0.2) is 0 Å². The third-order valence-corrected chi connectivity index (χ3v) is 1.45. The Morgan fingerprint density at radius 3 is 3.12 bits per heavy atom. The summed E-state index contributed by atoms with van der Waals surface area (Å²) in [6.45, 7) is 0.931. The zero-order chi connectivity index (χ0) is 5.82. The summed E-state index contributed by atoms with van der Waals surface area (Å²) in [7, 11) is 0. The van der Waals surface area contributed by atoms with Crippen LogP contribution >= 0.6 is 0 Å². The Bertz CT molecular complexity index is 79.4. The summed E-state index contributed by atoms with van der Waals surface area (Å²) in [6.07, 6.45) is 0.0394. The summed E-state index contributed by atoms with van der Waals surface area (Å²) >= 11 is 0.544. The normalized spacial score (nSPS) is 28.2. The van der Waals surface area contributed by atoms with E-state index < -0.39 is 0 Å². The van der Waals surface area contributed by atoms with E-state index in [1.807, 2.05) is 0 Å². The van der Waals surface area contributed by atoms with Crippen LogP contribution in [0.3, 0.4) is 0 Å². The number of hydrogen-bond donors (Lipinski definition) is 0. The van der Waals surface area contributed by atoms with E-state index in [9.17, 15) is 4.21 Å². The van der Waals surface area contributed by atoms with Crippen molar-refractivity contribution in [1.82, 2.24) is 0 Å². The molecule has 0 aromatic rings. The molecule has 1 aliphatic heterocycles. The maximum Gasteiger partial charge on any atom is 0.461 e. The molecule has 0 amide bonds. The summed E-state index contributed by atoms with van der Waals surface area (Å²) in [6, 6.07) is 0. The molecule has 8 heavy (non-hydrogen) atoms. The predicted molar refractivity (Wildman–Crippen MR) is 28.6 cm³/mol. The van der Waals surface area contributed by atoms with Crippen molar-refractivity contribution in [1.29, 1.82) is 0 Å². The standard InChI is InChI=1S/C4H7O3S/c5-8-2-4-1-6-3-7-4/h4H,1-3H2/q+1. The third-order valence-electron chi connectivity index (χ3n) is 0.945. The topological polar surface area (TPSA) is 35.5 Å². The smallest absolute Gasteiger partial charge is 0.352 e. The van der Waals surface area contributed by atoms with E-state index in [1.165, 1.54) is 0 Å². The second-order valence-electron chi connectivity index (χ2n) is 1.56. The van der Waals surface area contributed by atoms with E-state index >= 15 is 0 Å². The molecule has 1 atom stereocenters. The van der Waals surface area contributed by atoms with E-state index in [2.05, 4.69) is 0 Å². The van der Waals surface area contributed by atoms with Gasteiger partial charge in [-0.15, -0.1) is 0 Å². The molecule has 0 saturated carbocycles. The molecule has 0 aromatic carbocycles. The molecule has 0 aromatic heterocycles. The van der Waals surface area contributed by atoms with Gasteiger partial charge < -0.3 is 9.47 Å². The summed E-state index contributed by atoms with van der Waals surface area (Å²) in [5.41, 5.74) is 0. The first-order valence-electron chi connectivity index (χ1n) is 2.37. The van der Waals surface area contributed by atoms with E-state index in [1.54, 1.807) is 0 Å². The summed E-state index contributed by atoms with van der Waals surface area (Å²) in [5, 5.41) is 0. The van der Waals surface area contributed by atoms with Crippen LogP contribution in [0.15, 0.2) is 0 Å². The predicted octanol–water partition coefficient (Wildman–Crippen LogP) is -0.213. The van der Waals surface area contributed by atoms with Gasteiger partial charge in [0.25, 0.3) is 5.75 Å². The second kappa shape index (κ2) is 3.06. The van der Waals surface area contributed by atoms with Crippen LogP contribution in [0.1, 0.15) is 0 Å². The molecular weight excluding hydrogens is 128 g/mol. The quantitative estimate of drug-likeness (QED) is 0.491. The third kappa shape index (κ3) is 1.47. The van der Waals surface area contributed by atoms with Crippen LogP contribution in [0.2, 0.25) is 0 Å². The first kappa shape index (κ1) is 6.07. The molecule has 0 N–H and O–H groups in total. The second-order valence-corrected chi connectivity index (χ2v) is 2.13. The monoisotopic (exact) mass is 135 g/mol. The van der Waals surface area contributed by atoms with Gasteiger partial charge in [-0.05, 0) is 0 Å². The SMILES string of the molecule is O=[S+]CC1COCO1. The fourth-order valence-electron chi connectivity index (χ4n) is 0.544. The highest BCUT2D eigenvalue weighted by Gasteiger charge is 2.21. The van der Waals surface area contributed by atoms with Crippen molar-refractivity contribution >= 4 is 11.7 Å². The Balaban J connectivity index is 2.14. The Kier molecular flexibility index (Phi) is 2.32. The van der Waals surface area contributed by atoms with E-state index in [4.69, 9.17) is 9.47 Å². The highest BCUT2D eigenvalue weighted by atomic mass is 32.1. The molecule has 0 radical (unpaired) electrons. The average molecular weight is 135 g/mol. The van der Waals surface area contributed by atoms with Gasteiger partial charge in [0.05, 0.1) is 6.61 Å². The van der Waals surface area contributed by atoms with Crippen molar-refractivity contribution in [2.45, 2.75) is 6.10 Å². The molecule has 46 valence electrons. The van der Waals surface area contributed by atoms with Crippen LogP contribution in [0, 0.1) is 0 Å². The number of rotatable bonds is 2. The zero-order valence-electron chi connectivity index (χ0n) is 4.33. The van der Waals surface area contributed by atoms with Crippen LogP contribution in [0.25, 0.3) is 0 Å². The molecule has 1 fully saturated rings. The van der Waals surface area contributed by atoms with Gasteiger partial charge in [0, 0.05) is 4.21 Å². The number of ether oxygens (including phenoxy) is 2. The Morgan fingerprint density at radius 2 is 2.62 bits per heavy atom. The van der Waals surface area contributed by atoms with Crippen LogP contribution in [-0.4, -0.2) is 25.3 Å². The molecule has 1 saturated heterocycles. The van der Waals surface area contributed by atoms with Gasteiger partial charge in [-0.1, -0.05) is 0 Å². The summed E-state index contributed by atoms with van der Waals surface area (Å²) < 4.78 is 19.7. The van der Waals surface area contributed by atoms with Gasteiger partial charge in [-0.3, -0.25) is 0 Å². The Labute approximate surface area is 51.5 Å². The molecule has 1 aliphatic rings. The first-order chi connectivity index (χ1) is 3.93. The van der Waals surface area contributed by atoms with Gasteiger partial charge in [-0.25, -0.2) is 0 Å². The molecule has 0 spiro atoms. The van der Waals surface area contributed by atoms with Crippen molar-refractivity contribution < 1.29 is 13.7 Å². The van der Waals surface area contributed by atoms with Gasteiger partial charge in [0.2, 0.25) is 0 Å². The molecular formula is C4H7O3S+. The first-order valence-corrected chi connectivity index (χ1v) is 3.28. The average Bonchev–Trinajstić information content (AvgIpc) is 2.19. The van der Waals surface area contributed by atoms with Crippen LogP contribution < -0.4 is 0 Å². The maximum atomic E-state index is 9.87. The largest absolute Gasteiger partial charge is 0.461 e. The molecule has 0 bridgehead atoms. The van der Waals surface area contributed by atoms with Crippen LogP contribution in [0.5, 0.6) is 0 Å². The van der Waals surface area contributed by atoms with Gasteiger partial charge in [-0.2, -0.15) is 0 Å². The summed E-state index contributed by atoms with van der Waals surface area (Å²) in [5.74, 6) is 0.500. The maximum absolute atomic E-state index is 9.87. The van der Waals surface area contributed by atoms with Crippen molar-refractivity contribution in [3.05, 3.63) is 0 Å². The number of hydrogen-bond acceptors (Lipinski definition) is 3. The lowest BCUT2D eigenvalue weighted by molar-refractivity contribution is 0.0524. The molecule has 1 rings (SSSR count). The highest BCUT2D eigenvalue weighted by Crippen LogP contribution is 2.00. The lowest BCUT2D eigenvalue weighted by Gasteiger charge is -1.90. The minimum Gasteiger partial charge on any atom is -0.352 e. The Hall–Kier alpha value is -0.0600. The Morgan fingerprint density at radius 1 is 1.75 bits per heavy atom. The van der Waals surface area contributed by atoms with Gasteiger partial charge >= 0.3 is 11.7 Å². The molecule has 1 heterocycles. The lowest BCUT2D eigenvalue weighted by Crippen LogP contribution is -2.13. The van der Waals surface area contributed by atoms with Crippen molar-refractivity contribution in [3.63, 3.8) is 0 Å². The van der Waals surface area contributed by atoms with Crippen molar-refractivity contribution in [2.24, 2.45) is 0 Å². The molecule has 4 heteroatoms. The zero-order valence-corrected chi connectivity index (χ0v) is 5.15. The minimum atomic E-state index is 0.0394. The van der Waals surface area contributed by atoms with E-state index in [-0.39, 0.29) is 6.10 Å². The molecule has 3 nitrogen and oxygen atoms in total. The van der Waals surface area contributed by atoms with Crippen LogP contribution in [0.4, 0.5) is 0 Å². The fraction of sp³-hybridized carbons (Fsp3) is 1.00.